The van der Waals surface area contributed by atoms with Gasteiger partial charge in [0.05, 0.1) is 38.1 Å². The van der Waals surface area contributed by atoms with E-state index < -0.39 is 5.97 Å². The molecule has 1 amide bonds. The molecular weight excluding hydrogens is 416 g/mol. The van der Waals surface area contributed by atoms with Crippen LogP contribution in [0, 0.1) is 0 Å². The van der Waals surface area contributed by atoms with Crippen molar-refractivity contribution >= 4 is 17.8 Å². The van der Waals surface area contributed by atoms with E-state index in [4.69, 9.17) is 19.3 Å². The predicted octanol–water partition coefficient (Wildman–Crippen LogP) is 1.47. The summed E-state index contributed by atoms with van der Waals surface area (Å²) in [7, 11) is 1.62. The molecule has 2 aliphatic rings. The first-order valence-corrected chi connectivity index (χ1v) is 10.5. The Labute approximate surface area is 185 Å². The number of anilines is 1. The van der Waals surface area contributed by atoms with Crippen LogP contribution >= 0.6 is 0 Å². The number of methoxy groups -OCH3 is 1. The summed E-state index contributed by atoms with van der Waals surface area (Å²) in [6, 6.07) is 9.04. The molecule has 3 N–H and O–H groups in total. The van der Waals surface area contributed by atoms with Crippen LogP contribution in [0.3, 0.4) is 0 Å². The Morgan fingerprint density at radius 2 is 1.81 bits per heavy atom. The van der Waals surface area contributed by atoms with Gasteiger partial charge in [-0.3, -0.25) is 9.59 Å². The molecule has 170 valence electrons. The number of ether oxygens (including phenoxy) is 3. The van der Waals surface area contributed by atoms with Gasteiger partial charge in [0.1, 0.15) is 18.0 Å². The van der Waals surface area contributed by atoms with Crippen LogP contribution in [0.2, 0.25) is 0 Å². The summed E-state index contributed by atoms with van der Waals surface area (Å²) in [5.41, 5.74) is 1.72. The second kappa shape index (κ2) is 9.92. The van der Waals surface area contributed by atoms with Gasteiger partial charge in [0.15, 0.2) is 0 Å². The molecule has 4 rings (SSSR count). The Bertz CT molecular complexity index is 954. The molecule has 0 saturated carbocycles. The van der Waals surface area contributed by atoms with E-state index in [9.17, 15) is 9.59 Å². The van der Waals surface area contributed by atoms with Gasteiger partial charge in [-0.15, -0.1) is 0 Å². The Kier molecular flexibility index (Phi) is 6.81. The summed E-state index contributed by atoms with van der Waals surface area (Å²) in [5, 5.41) is 14.9. The molecule has 0 unspecified atom stereocenters. The van der Waals surface area contributed by atoms with E-state index in [1.807, 2.05) is 30.3 Å². The Hall–Kier alpha value is -3.24. The van der Waals surface area contributed by atoms with Crippen molar-refractivity contribution in [1.82, 2.24) is 15.3 Å². The van der Waals surface area contributed by atoms with E-state index in [1.165, 1.54) is 0 Å². The summed E-state index contributed by atoms with van der Waals surface area (Å²) in [5.74, 6) is 0.138. The Morgan fingerprint density at radius 3 is 2.53 bits per heavy atom. The zero-order chi connectivity index (χ0) is 22.5. The van der Waals surface area contributed by atoms with Crippen LogP contribution in [0.15, 0.2) is 36.5 Å². The molecule has 4 atom stereocenters. The average molecular weight is 442 g/mol. The minimum absolute atomic E-state index is 0.0290. The van der Waals surface area contributed by atoms with Gasteiger partial charge in [-0.2, -0.15) is 0 Å². The van der Waals surface area contributed by atoms with Crippen molar-refractivity contribution in [3.05, 3.63) is 36.5 Å². The largest absolute Gasteiger partial charge is 0.497 e. The maximum absolute atomic E-state index is 12.1. The predicted molar refractivity (Wildman–Crippen MR) is 114 cm³/mol. The van der Waals surface area contributed by atoms with E-state index in [-0.39, 0.29) is 43.0 Å². The van der Waals surface area contributed by atoms with Crippen molar-refractivity contribution in [2.45, 2.75) is 43.6 Å². The summed E-state index contributed by atoms with van der Waals surface area (Å²) in [6.07, 6.45) is 1.61. The number of nitrogens with zero attached hydrogens (tertiary/aromatic N) is 2. The molecule has 0 aliphatic carbocycles. The number of rotatable bonds is 9. The third-order valence-electron chi connectivity index (χ3n) is 5.55. The van der Waals surface area contributed by atoms with Crippen LogP contribution in [0.5, 0.6) is 5.75 Å². The van der Waals surface area contributed by atoms with Gasteiger partial charge in [0, 0.05) is 24.6 Å². The van der Waals surface area contributed by atoms with Crippen molar-refractivity contribution in [2.75, 3.05) is 25.6 Å². The van der Waals surface area contributed by atoms with Gasteiger partial charge in [-0.1, -0.05) is 0 Å². The second-order valence-electron chi connectivity index (χ2n) is 7.76. The maximum Gasteiger partial charge on any atom is 0.303 e. The quantitative estimate of drug-likeness (QED) is 0.528. The lowest BCUT2D eigenvalue weighted by Crippen LogP contribution is -2.44. The molecule has 0 radical (unpaired) electrons. The molecule has 10 nitrogen and oxygen atoms in total. The molecule has 3 heterocycles. The first-order valence-electron chi connectivity index (χ1n) is 10.5. The van der Waals surface area contributed by atoms with Crippen molar-refractivity contribution in [2.24, 2.45) is 0 Å². The number of benzene rings is 1. The van der Waals surface area contributed by atoms with E-state index in [0.717, 1.165) is 17.0 Å². The number of carboxylic acids is 1. The molecule has 10 heteroatoms. The molecule has 2 fully saturated rings. The molecule has 2 aromatic rings. The first kappa shape index (κ1) is 22.0. The number of carbonyl (C=O) groups is 2. The SMILES string of the molecule is COc1ccc(-c2ccnc(N[C@@H]3CO[C@@H]4[C@@H]3OC[C@@H]4NC(=O)CCCC(=O)O)n2)cc1. The van der Waals surface area contributed by atoms with Crippen molar-refractivity contribution in [3.63, 3.8) is 0 Å². The zero-order valence-corrected chi connectivity index (χ0v) is 17.7. The minimum atomic E-state index is -0.909. The molecule has 0 spiro atoms. The van der Waals surface area contributed by atoms with Gasteiger partial charge in [0.25, 0.3) is 0 Å². The number of fused-ring (bicyclic) bond motifs is 1. The lowest BCUT2D eigenvalue weighted by molar-refractivity contribution is -0.137. The highest BCUT2D eigenvalue weighted by atomic mass is 16.6. The summed E-state index contributed by atoms with van der Waals surface area (Å²) in [4.78, 5) is 31.6. The smallest absolute Gasteiger partial charge is 0.303 e. The van der Waals surface area contributed by atoms with E-state index in [0.29, 0.717) is 25.6 Å². The summed E-state index contributed by atoms with van der Waals surface area (Å²) < 4.78 is 17.0. The highest BCUT2D eigenvalue weighted by Crippen LogP contribution is 2.29. The Morgan fingerprint density at radius 1 is 1.09 bits per heavy atom. The number of hydrogen-bond acceptors (Lipinski definition) is 8. The van der Waals surface area contributed by atoms with Crippen LogP contribution < -0.4 is 15.4 Å². The first-order chi connectivity index (χ1) is 15.5. The molecule has 32 heavy (non-hydrogen) atoms. The van der Waals surface area contributed by atoms with E-state index >= 15 is 0 Å². The minimum Gasteiger partial charge on any atom is -0.497 e. The fourth-order valence-electron chi connectivity index (χ4n) is 3.94. The second-order valence-corrected chi connectivity index (χ2v) is 7.76. The molecule has 2 saturated heterocycles. The number of nitrogens with one attached hydrogen (secondary N) is 2. The summed E-state index contributed by atoms with van der Waals surface area (Å²) in [6.45, 7) is 0.738. The van der Waals surface area contributed by atoms with Crippen LogP contribution in [0.25, 0.3) is 11.3 Å². The number of hydrogen-bond donors (Lipinski definition) is 3. The lowest BCUT2D eigenvalue weighted by atomic mass is 10.1. The fourth-order valence-corrected chi connectivity index (χ4v) is 3.94. The monoisotopic (exact) mass is 442 g/mol. The van der Waals surface area contributed by atoms with E-state index in [1.54, 1.807) is 13.3 Å². The van der Waals surface area contributed by atoms with Crippen LogP contribution in [-0.4, -0.2) is 71.6 Å². The van der Waals surface area contributed by atoms with Gasteiger partial charge in [-0.05, 0) is 36.8 Å². The molecule has 1 aromatic heterocycles. The van der Waals surface area contributed by atoms with Gasteiger partial charge >= 0.3 is 5.97 Å². The third-order valence-corrected chi connectivity index (χ3v) is 5.55. The number of amides is 1. The summed E-state index contributed by atoms with van der Waals surface area (Å²) >= 11 is 0. The molecular formula is C22H26N4O6. The maximum atomic E-state index is 12.1. The van der Waals surface area contributed by atoms with Crippen LogP contribution in [0.1, 0.15) is 19.3 Å². The lowest BCUT2D eigenvalue weighted by Gasteiger charge is -2.18. The van der Waals surface area contributed by atoms with Crippen molar-refractivity contribution in [1.29, 1.82) is 0 Å². The normalized spacial score (nSPS) is 24.0. The van der Waals surface area contributed by atoms with Crippen LogP contribution in [0.4, 0.5) is 5.95 Å². The van der Waals surface area contributed by atoms with Crippen LogP contribution in [-0.2, 0) is 19.1 Å². The average Bonchev–Trinajstić information content (AvgIpc) is 3.37. The number of aliphatic carboxylic acids is 1. The van der Waals surface area contributed by atoms with Crippen molar-refractivity contribution < 1.29 is 28.9 Å². The number of carbonyl (C=O) groups excluding carboxylic acids is 1. The van der Waals surface area contributed by atoms with Gasteiger partial charge in [0.2, 0.25) is 11.9 Å². The highest BCUT2D eigenvalue weighted by molar-refractivity contribution is 5.77. The third kappa shape index (κ3) is 5.14. The molecule has 2 aliphatic heterocycles. The molecule has 0 bridgehead atoms. The van der Waals surface area contributed by atoms with Crippen molar-refractivity contribution in [3.8, 4) is 17.0 Å². The van der Waals surface area contributed by atoms with Gasteiger partial charge < -0.3 is 30.0 Å². The zero-order valence-electron chi connectivity index (χ0n) is 17.7. The van der Waals surface area contributed by atoms with E-state index in [2.05, 4.69) is 20.6 Å². The number of carboxylic acid groups (broad SMARTS) is 1. The highest BCUT2D eigenvalue weighted by Gasteiger charge is 2.48. The topological polar surface area (TPSA) is 132 Å². The van der Waals surface area contributed by atoms with Gasteiger partial charge in [-0.25, -0.2) is 9.97 Å². The standard InChI is InChI=1S/C22H26N4O6/c1-30-14-7-5-13(6-8-14)15-9-10-23-22(25-15)26-17-12-32-20-16(11-31-21(17)20)24-18(27)3-2-4-19(28)29/h5-10,16-17,20-21H,2-4,11-12H2,1H3,(H,24,27)(H,28,29)(H,23,25,26)/t16-,17+,20-,21+/m0/s1. The molecule has 1 aromatic carbocycles. The Balaban J connectivity index is 1.33. The fraction of sp³-hybridized carbons (Fsp3) is 0.455. The number of aromatic nitrogens is 2.